The number of benzene rings is 2. The summed E-state index contributed by atoms with van der Waals surface area (Å²) in [6.07, 6.45) is 5.93. The lowest BCUT2D eigenvalue weighted by molar-refractivity contribution is -0.130. The minimum atomic E-state index is -0.248. The van der Waals surface area contributed by atoms with Gasteiger partial charge >= 0.3 is 0 Å². The highest BCUT2D eigenvalue weighted by atomic mass is 16.2. The molecule has 0 saturated carbocycles. The van der Waals surface area contributed by atoms with Crippen molar-refractivity contribution < 1.29 is 9.59 Å². The minimum absolute atomic E-state index is 0.0119. The summed E-state index contributed by atoms with van der Waals surface area (Å²) in [5, 5.41) is 3.21. The van der Waals surface area contributed by atoms with Gasteiger partial charge in [-0.2, -0.15) is 0 Å². The third-order valence-electron chi connectivity index (χ3n) is 6.05. The number of nitrogens with one attached hydrogen (secondary N) is 1. The molecule has 1 saturated heterocycles. The highest BCUT2D eigenvalue weighted by Crippen LogP contribution is 2.32. The fraction of sp³-hybridized carbons (Fsp3) is 0.360. The summed E-state index contributed by atoms with van der Waals surface area (Å²) in [5.41, 5.74) is 3.43. The molecular formula is C25H29N3O2. The monoisotopic (exact) mass is 403 g/mol. The molecule has 1 N–H and O–H groups in total. The first kappa shape index (κ1) is 20.4. The Hall–Kier alpha value is -2.92. The van der Waals surface area contributed by atoms with Gasteiger partial charge in [0.25, 0.3) is 0 Å². The van der Waals surface area contributed by atoms with Crippen LogP contribution in [0, 0.1) is 0 Å². The Morgan fingerprint density at radius 1 is 1.00 bits per heavy atom. The molecule has 2 aromatic rings. The zero-order valence-corrected chi connectivity index (χ0v) is 17.5. The van der Waals surface area contributed by atoms with E-state index < -0.39 is 0 Å². The van der Waals surface area contributed by atoms with Gasteiger partial charge < -0.3 is 10.2 Å². The van der Waals surface area contributed by atoms with Gasteiger partial charge in [0.2, 0.25) is 11.8 Å². The van der Waals surface area contributed by atoms with Gasteiger partial charge in [-0.15, -0.1) is 0 Å². The Kier molecular flexibility index (Phi) is 6.29. The van der Waals surface area contributed by atoms with E-state index >= 15 is 0 Å². The molecule has 30 heavy (non-hydrogen) atoms. The molecule has 2 aliphatic heterocycles. The second kappa shape index (κ2) is 9.26. The van der Waals surface area contributed by atoms with Gasteiger partial charge in [0.05, 0.1) is 12.5 Å². The summed E-state index contributed by atoms with van der Waals surface area (Å²) in [6, 6.07) is 18.4. The summed E-state index contributed by atoms with van der Waals surface area (Å²) >= 11 is 0. The largest absolute Gasteiger partial charge is 0.353 e. The lowest BCUT2D eigenvalue weighted by Crippen LogP contribution is -2.45. The number of nitrogens with zero attached hydrogens (tertiary/aromatic N) is 2. The Balaban J connectivity index is 1.32. The molecule has 2 aliphatic rings. The normalized spacial score (nSPS) is 19.4. The fourth-order valence-electron chi connectivity index (χ4n) is 4.45. The van der Waals surface area contributed by atoms with Crippen molar-refractivity contribution in [3.8, 4) is 0 Å². The van der Waals surface area contributed by atoms with Gasteiger partial charge in [-0.05, 0) is 35.6 Å². The third-order valence-corrected chi connectivity index (χ3v) is 6.05. The van der Waals surface area contributed by atoms with Gasteiger partial charge in [0.1, 0.15) is 0 Å². The zero-order valence-electron chi connectivity index (χ0n) is 17.5. The van der Waals surface area contributed by atoms with Crippen LogP contribution < -0.4 is 5.32 Å². The molecule has 5 nitrogen and oxygen atoms in total. The van der Waals surface area contributed by atoms with E-state index in [0.717, 1.165) is 43.6 Å². The number of carbonyl (C=O) groups is 2. The first-order valence-electron chi connectivity index (χ1n) is 10.7. The van der Waals surface area contributed by atoms with Crippen LogP contribution in [0.3, 0.4) is 0 Å². The molecule has 2 heterocycles. The molecule has 0 aliphatic carbocycles. The number of fused-ring (bicyclic) bond motifs is 1. The van der Waals surface area contributed by atoms with E-state index in [1.807, 2.05) is 36.4 Å². The Morgan fingerprint density at radius 2 is 1.70 bits per heavy atom. The molecule has 0 radical (unpaired) electrons. The predicted octanol–water partition coefficient (Wildman–Crippen LogP) is 3.73. The van der Waals surface area contributed by atoms with Crippen molar-refractivity contribution in [2.24, 2.45) is 0 Å². The third kappa shape index (κ3) is 4.79. The van der Waals surface area contributed by atoms with E-state index in [-0.39, 0.29) is 30.3 Å². The molecule has 1 atom stereocenters. The van der Waals surface area contributed by atoms with Crippen molar-refractivity contribution in [2.45, 2.75) is 44.8 Å². The minimum Gasteiger partial charge on any atom is -0.353 e. The van der Waals surface area contributed by atoms with Gasteiger partial charge in [-0.25, -0.2) is 0 Å². The molecule has 2 aromatic carbocycles. The zero-order chi connectivity index (χ0) is 20.9. The predicted molar refractivity (Wildman–Crippen MR) is 118 cm³/mol. The van der Waals surface area contributed by atoms with Gasteiger partial charge in [0, 0.05) is 38.8 Å². The average molecular weight is 404 g/mol. The highest BCUT2D eigenvalue weighted by Gasteiger charge is 2.29. The van der Waals surface area contributed by atoms with E-state index in [4.69, 9.17) is 0 Å². The summed E-state index contributed by atoms with van der Waals surface area (Å²) in [5.74, 6) is -0.0364. The molecule has 1 unspecified atom stereocenters. The quantitative estimate of drug-likeness (QED) is 0.828. The fourth-order valence-corrected chi connectivity index (χ4v) is 4.45. The highest BCUT2D eigenvalue weighted by molar-refractivity contribution is 5.82. The average Bonchev–Trinajstić information content (AvgIpc) is 2.76. The van der Waals surface area contributed by atoms with Gasteiger partial charge in [-0.3, -0.25) is 14.5 Å². The number of carbonyl (C=O) groups excluding carboxylic acids is 2. The Labute approximate surface area is 178 Å². The van der Waals surface area contributed by atoms with E-state index in [0.29, 0.717) is 0 Å². The topological polar surface area (TPSA) is 52.7 Å². The van der Waals surface area contributed by atoms with Crippen molar-refractivity contribution in [3.63, 3.8) is 0 Å². The van der Waals surface area contributed by atoms with Crippen LogP contribution in [0.2, 0.25) is 0 Å². The molecule has 0 aromatic heterocycles. The number of hydrogen-bond acceptors (Lipinski definition) is 3. The smallest absolute Gasteiger partial charge is 0.223 e. The van der Waals surface area contributed by atoms with Crippen LogP contribution in [-0.2, 0) is 16.1 Å². The van der Waals surface area contributed by atoms with Crippen molar-refractivity contribution >= 4 is 17.9 Å². The molecule has 156 valence electrons. The van der Waals surface area contributed by atoms with Crippen molar-refractivity contribution in [2.75, 3.05) is 13.1 Å². The number of amides is 2. The van der Waals surface area contributed by atoms with Crippen LogP contribution in [0.25, 0.3) is 6.08 Å². The lowest BCUT2D eigenvalue weighted by atomic mass is 9.93. The summed E-state index contributed by atoms with van der Waals surface area (Å²) in [6.45, 7) is 4.47. The number of piperidine rings is 1. The van der Waals surface area contributed by atoms with Crippen LogP contribution in [0.1, 0.15) is 48.9 Å². The first-order valence-corrected chi connectivity index (χ1v) is 10.7. The second-order valence-corrected chi connectivity index (χ2v) is 8.19. The van der Waals surface area contributed by atoms with Crippen molar-refractivity contribution in [1.82, 2.24) is 15.1 Å². The number of likely N-dealkylation sites (tertiary alicyclic amines) is 1. The Bertz CT molecular complexity index is 917. The molecule has 2 amide bonds. The summed E-state index contributed by atoms with van der Waals surface area (Å²) in [4.78, 5) is 29.1. The van der Waals surface area contributed by atoms with E-state index in [9.17, 15) is 9.59 Å². The van der Waals surface area contributed by atoms with Crippen LogP contribution in [0.4, 0.5) is 0 Å². The molecule has 0 bridgehead atoms. The van der Waals surface area contributed by atoms with E-state index in [1.54, 1.807) is 18.0 Å². The van der Waals surface area contributed by atoms with Crippen LogP contribution in [0.5, 0.6) is 0 Å². The van der Waals surface area contributed by atoms with E-state index in [1.165, 1.54) is 5.56 Å². The lowest BCUT2D eigenvalue weighted by Gasteiger charge is -2.34. The van der Waals surface area contributed by atoms with Crippen LogP contribution in [0.15, 0.2) is 60.8 Å². The van der Waals surface area contributed by atoms with Crippen molar-refractivity contribution in [3.05, 3.63) is 77.5 Å². The molecule has 1 fully saturated rings. The maximum absolute atomic E-state index is 12.8. The molecule has 5 heteroatoms. The molecule has 0 spiro atoms. The van der Waals surface area contributed by atoms with Crippen molar-refractivity contribution in [1.29, 1.82) is 0 Å². The second-order valence-electron chi connectivity index (χ2n) is 8.19. The molecular weight excluding hydrogens is 374 g/mol. The SMILES string of the molecule is CC(=O)N1C=Cc2ccccc2C1CC(=O)NC1CCN(Cc2ccccc2)CC1. The Morgan fingerprint density at radius 3 is 2.43 bits per heavy atom. The standard InChI is InChI=1S/C25H29N3O2/c1-19(29)28-16-11-21-9-5-6-10-23(21)24(28)17-25(30)26-22-12-14-27(15-13-22)18-20-7-3-2-4-8-20/h2-11,16,22,24H,12-15,17-18H2,1H3,(H,26,30). The maximum Gasteiger partial charge on any atom is 0.223 e. The van der Waals surface area contributed by atoms with Crippen LogP contribution in [-0.4, -0.2) is 40.7 Å². The summed E-state index contributed by atoms with van der Waals surface area (Å²) in [7, 11) is 0. The van der Waals surface area contributed by atoms with Gasteiger partial charge in [-0.1, -0.05) is 54.6 Å². The molecule has 4 rings (SSSR count). The number of rotatable bonds is 5. The van der Waals surface area contributed by atoms with Crippen LogP contribution >= 0.6 is 0 Å². The van der Waals surface area contributed by atoms with Gasteiger partial charge in [0.15, 0.2) is 0 Å². The first-order chi connectivity index (χ1) is 14.6. The maximum atomic E-state index is 12.8. The summed E-state index contributed by atoms with van der Waals surface area (Å²) < 4.78 is 0. The van der Waals surface area contributed by atoms with E-state index in [2.05, 4.69) is 34.5 Å². The number of hydrogen-bond donors (Lipinski definition) is 1.